The van der Waals surface area contributed by atoms with Gasteiger partial charge in [-0.05, 0) is 48.1 Å². The predicted molar refractivity (Wildman–Crippen MR) is 76.2 cm³/mol. The first-order chi connectivity index (χ1) is 9.74. The molecule has 2 aromatic rings. The van der Waals surface area contributed by atoms with E-state index in [2.05, 4.69) is 18.2 Å². The van der Waals surface area contributed by atoms with Crippen molar-refractivity contribution in [3.8, 4) is 5.75 Å². The second kappa shape index (κ2) is 5.37. The first-order valence-electron chi connectivity index (χ1n) is 6.80. The molecule has 0 aromatic heterocycles. The third-order valence-electron chi connectivity index (χ3n) is 3.67. The summed E-state index contributed by atoms with van der Waals surface area (Å²) in [6.07, 6.45) is 3.52. The van der Waals surface area contributed by atoms with Crippen LogP contribution >= 0.6 is 0 Å². The van der Waals surface area contributed by atoms with Crippen molar-refractivity contribution in [3.05, 3.63) is 64.7 Å². The lowest BCUT2D eigenvalue weighted by Crippen LogP contribution is -2.03. The van der Waals surface area contributed by atoms with Crippen LogP contribution in [0.25, 0.3) is 0 Å². The van der Waals surface area contributed by atoms with Gasteiger partial charge in [0, 0.05) is 0 Å². The number of fused-ring (bicyclic) bond motifs is 1. The molecule has 0 fully saturated rings. The molecule has 20 heavy (non-hydrogen) atoms. The first kappa shape index (κ1) is 12.7. The number of ether oxygens (including phenoxy) is 1. The van der Waals surface area contributed by atoms with Crippen LogP contribution in [0.15, 0.2) is 42.5 Å². The van der Waals surface area contributed by atoms with Crippen molar-refractivity contribution in [1.82, 2.24) is 0 Å². The Kier molecular flexibility index (Phi) is 3.42. The number of aromatic carboxylic acids is 1. The fraction of sp³-hybridized carbons (Fsp3) is 0.235. The number of carboxylic acid groups (broad SMARTS) is 1. The van der Waals surface area contributed by atoms with Crippen LogP contribution in [0.4, 0.5) is 0 Å². The topological polar surface area (TPSA) is 46.5 Å². The summed E-state index contributed by atoms with van der Waals surface area (Å²) in [5.41, 5.74) is 4.12. The maximum absolute atomic E-state index is 11.1. The van der Waals surface area contributed by atoms with Crippen molar-refractivity contribution >= 4 is 5.97 Å². The molecule has 0 atom stereocenters. The van der Waals surface area contributed by atoms with Crippen molar-refractivity contribution in [2.45, 2.75) is 25.9 Å². The fourth-order valence-electron chi connectivity index (χ4n) is 2.65. The van der Waals surface area contributed by atoms with E-state index in [1.165, 1.54) is 17.5 Å². The molecule has 0 unspecified atom stereocenters. The molecule has 0 saturated carbocycles. The van der Waals surface area contributed by atoms with Gasteiger partial charge in [0.25, 0.3) is 0 Å². The normalized spacial score (nSPS) is 13.0. The lowest BCUT2D eigenvalue weighted by atomic mass is 10.1. The summed E-state index contributed by atoms with van der Waals surface area (Å²) in [5, 5.41) is 9.11. The number of rotatable bonds is 4. The zero-order valence-corrected chi connectivity index (χ0v) is 11.1. The molecule has 3 nitrogen and oxygen atoms in total. The predicted octanol–water partition coefficient (Wildman–Crippen LogP) is 3.45. The molecule has 1 aliphatic carbocycles. The molecule has 0 spiro atoms. The quantitative estimate of drug-likeness (QED) is 0.923. The Morgan fingerprint density at radius 2 is 1.90 bits per heavy atom. The largest absolute Gasteiger partial charge is 0.488 e. The highest BCUT2D eigenvalue weighted by molar-refractivity contribution is 5.90. The van der Waals surface area contributed by atoms with Crippen molar-refractivity contribution in [2.75, 3.05) is 0 Å². The number of carbonyl (C=O) groups is 1. The van der Waals surface area contributed by atoms with Gasteiger partial charge in [-0.25, -0.2) is 4.79 Å². The molecule has 0 heterocycles. The maximum atomic E-state index is 11.1. The maximum Gasteiger partial charge on any atom is 0.339 e. The minimum atomic E-state index is -0.963. The molecular formula is C17H16O3. The molecule has 0 amide bonds. The Labute approximate surface area is 117 Å². The summed E-state index contributed by atoms with van der Waals surface area (Å²) in [6.45, 7) is 0.400. The van der Waals surface area contributed by atoms with Gasteiger partial charge in [0.1, 0.15) is 17.9 Å². The van der Waals surface area contributed by atoms with Gasteiger partial charge in [-0.2, -0.15) is 0 Å². The van der Waals surface area contributed by atoms with E-state index in [1.54, 1.807) is 24.3 Å². The Balaban J connectivity index is 1.75. The summed E-state index contributed by atoms with van der Waals surface area (Å²) in [6, 6.07) is 13.1. The van der Waals surface area contributed by atoms with Crippen LogP contribution in [-0.2, 0) is 19.4 Å². The summed E-state index contributed by atoms with van der Waals surface area (Å²) in [5.74, 6) is -0.546. The van der Waals surface area contributed by atoms with Gasteiger partial charge in [0.05, 0.1) is 0 Å². The van der Waals surface area contributed by atoms with E-state index in [9.17, 15) is 4.79 Å². The van der Waals surface area contributed by atoms with Crippen LogP contribution in [-0.4, -0.2) is 11.1 Å². The summed E-state index contributed by atoms with van der Waals surface area (Å²) in [7, 11) is 0. The summed E-state index contributed by atoms with van der Waals surface area (Å²) in [4.78, 5) is 11.1. The van der Waals surface area contributed by atoms with Crippen LogP contribution in [0.5, 0.6) is 5.75 Å². The number of hydrogen-bond donors (Lipinski definition) is 1. The second-order valence-electron chi connectivity index (χ2n) is 5.05. The zero-order chi connectivity index (χ0) is 13.9. The number of para-hydroxylation sites is 1. The number of aryl methyl sites for hydroxylation is 2. The average Bonchev–Trinajstić information content (AvgIpc) is 2.92. The van der Waals surface area contributed by atoms with Crippen molar-refractivity contribution in [3.63, 3.8) is 0 Å². The van der Waals surface area contributed by atoms with Gasteiger partial charge in [0.15, 0.2) is 0 Å². The Morgan fingerprint density at radius 3 is 2.75 bits per heavy atom. The number of carboxylic acids is 1. The molecule has 0 aliphatic heterocycles. The minimum absolute atomic E-state index is 0.202. The van der Waals surface area contributed by atoms with E-state index in [4.69, 9.17) is 9.84 Å². The molecule has 3 heteroatoms. The highest BCUT2D eigenvalue weighted by atomic mass is 16.5. The van der Waals surface area contributed by atoms with Crippen LogP contribution in [0.1, 0.15) is 33.5 Å². The number of benzene rings is 2. The van der Waals surface area contributed by atoms with E-state index in [1.807, 2.05) is 0 Å². The van der Waals surface area contributed by atoms with Crippen LogP contribution in [0.3, 0.4) is 0 Å². The van der Waals surface area contributed by atoms with Gasteiger partial charge in [-0.3, -0.25) is 0 Å². The molecule has 2 aromatic carbocycles. The lowest BCUT2D eigenvalue weighted by molar-refractivity contribution is 0.0692. The average molecular weight is 268 g/mol. The molecule has 1 aliphatic rings. The molecular weight excluding hydrogens is 252 g/mol. The van der Waals surface area contributed by atoms with Gasteiger partial charge in [0.2, 0.25) is 0 Å². The van der Waals surface area contributed by atoms with Gasteiger partial charge in [-0.15, -0.1) is 0 Å². The fourth-order valence-corrected chi connectivity index (χ4v) is 2.65. The van der Waals surface area contributed by atoms with Crippen molar-refractivity contribution < 1.29 is 14.6 Å². The minimum Gasteiger partial charge on any atom is -0.488 e. The highest BCUT2D eigenvalue weighted by Crippen LogP contribution is 2.24. The standard InChI is InChI=1S/C17H16O3/c18-17(19)15-6-1-2-7-16(15)20-11-12-8-9-13-4-3-5-14(13)10-12/h1-2,6-10H,3-5,11H2,(H,18,19). The Hall–Kier alpha value is -2.29. The second-order valence-corrected chi connectivity index (χ2v) is 5.05. The van der Waals surface area contributed by atoms with Crippen LogP contribution < -0.4 is 4.74 Å². The van der Waals surface area contributed by atoms with E-state index in [0.717, 1.165) is 18.4 Å². The van der Waals surface area contributed by atoms with E-state index in [-0.39, 0.29) is 5.56 Å². The van der Waals surface area contributed by atoms with Gasteiger partial charge >= 0.3 is 5.97 Å². The smallest absolute Gasteiger partial charge is 0.339 e. The number of hydrogen-bond acceptors (Lipinski definition) is 2. The van der Waals surface area contributed by atoms with Gasteiger partial charge in [-0.1, -0.05) is 30.3 Å². The van der Waals surface area contributed by atoms with E-state index >= 15 is 0 Å². The third kappa shape index (κ3) is 2.52. The molecule has 3 rings (SSSR count). The first-order valence-corrected chi connectivity index (χ1v) is 6.80. The molecule has 0 radical (unpaired) electrons. The van der Waals surface area contributed by atoms with E-state index in [0.29, 0.717) is 12.4 Å². The lowest BCUT2D eigenvalue weighted by Gasteiger charge is -2.10. The monoisotopic (exact) mass is 268 g/mol. The molecule has 1 N–H and O–H groups in total. The van der Waals surface area contributed by atoms with Crippen molar-refractivity contribution in [2.24, 2.45) is 0 Å². The summed E-state index contributed by atoms with van der Waals surface area (Å²) < 4.78 is 5.66. The van der Waals surface area contributed by atoms with Crippen LogP contribution in [0.2, 0.25) is 0 Å². The molecule has 102 valence electrons. The Morgan fingerprint density at radius 1 is 1.10 bits per heavy atom. The van der Waals surface area contributed by atoms with Crippen molar-refractivity contribution in [1.29, 1.82) is 0 Å². The molecule has 0 saturated heterocycles. The SMILES string of the molecule is O=C(O)c1ccccc1OCc1ccc2c(c1)CCC2. The summed E-state index contributed by atoms with van der Waals surface area (Å²) >= 11 is 0. The van der Waals surface area contributed by atoms with Crippen LogP contribution in [0, 0.1) is 0 Å². The zero-order valence-electron chi connectivity index (χ0n) is 11.1. The van der Waals surface area contributed by atoms with Gasteiger partial charge < -0.3 is 9.84 Å². The van der Waals surface area contributed by atoms with E-state index < -0.39 is 5.97 Å². The highest BCUT2D eigenvalue weighted by Gasteiger charge is 2.12. The Bertz CT molecular complexity index is 646. The third-order valence-corrected chi connectivity index (χ3v) is 3.67. The molecule has 0 bridgehead atoms.